The number of halogens is 1. The fourth-order valence-electron chi connectivity index (χ4n) is 1.97. The lowest BCUT2D eigenvalue weighted by Crippen LogP contribution is -2.27. The van der Waals surface area contributed by atoms with Crippen LogP contribution in [-0.2, 0) is 10.0 Å². The summed E-state index contributed by atoms with van der Waals surface area (Å²) in [6.45, 7) is 3.62. The highest BCUT2D eigenvalue weighted by molar-refractivity contribution is 9.10. The Labute approximate surface area is 128 Å². The van der Waals surface area contributed by atoms with E-state index in [2.05, 4.69) is 20.7 Å². The van der Waals surface area contributed by atoms with Gasteiger partial charge in [0.2, 0.25) is 10.0 Å². The van der Waals surface area contributed by atoms with Gasteiger partial charge in [0.05, 0.1) is 4.90 Å². The van der Waals surface area contributed by atoms with E-state index in [9.17, 15) is 8.42 Å². The molecule has 2 aromatic rings. The Morgan fingerprint density at radius 1 is 1.05 bits per heavy atom. The third kappa shape index (κ3) is 3.48. The lowest BCUT2D eigenvalue weighted by molar-refractivity contribution is 0.566. The van der Waals surface area contributed by atoms with E-state index in [1.165, 1.54) is 0 Å². The first-order valence-electron chi connectivity index (χ1n) is 6.23. The minimum Gasteiger partial charge on any atom is -0.207 e. The molecule has 0 unspecified atom stereocenters. The Bertz CT molecular complexity index is 696. The van der Waals surface area contributed by atoms with Crippen molar-refractivity contribution in [1.29, 1.82) is 0 Å². The number of nitrogens with one attached hydrogen (secondary N) is 1. The van der Waals surface area contributed by atoms with Gasteiger partial charge in [0, 0.05) is 10.5 Å². The first kappa shape index (κ1) is 15.2. The molecule has 0 amide bonds. The van der Waals surface area contributed by atoms with Gasteiger partial charge in [-0.05, 0) is 43.2 Å². The normalized spacial score (nSPS) is 13.2. The van der Waals surface area contributed by atoms with Crippen LogP contribution in [0.15, 0.2) is 57.9 Å². The van der Waals surface area contributed by atoms with E-state index in [1.807, 2.05) is 37.3 Å². The maximum atomic E-state index is 12.4. The molecule has 0 bridgehead atoms. The van der Waals surface area contributed by atoms with Crippen LogP contribution >= 0.6 is 15.9 Å². The molecular weight excluding hydrogens is 338 g/mol. The first-order valence-corrected chi connectivity index (χ1v) is 8.51. The zero-order chi connectivity index (χ0) is 14.8. The summed E-state index contributed by atoms with van der Waals surface area (Å²) in [5, 5.41) is 0. The number of hydrogen-bond acceptors (Lipinski definition) is 2. The van der Waals surface area contributed by atoms with Crippen LogP contribution in [0.25, 0.3) is 0 Å². The predicted octanol–water partition coefficient (Wildman–Crippen LogP) is 3.80. The highest BCUT2D eigenvalue weighted by Gasteiger charge is 2.19. The second-order valence-corrected chi connectivity index (χ2v) is 7.26. The van der Waals surface area contributed by atoms with Gasteiger partial charge in [0.25, 0.3) is 0 Å². The van der Waals surface area contributed by atoms with Gasteiger partial charge in [0.1, 0.15) is 0 Å². The third-order valence-corrected chi connectivity index (χ3v) is 5.31. The molecule has 3 nitrogen and oxygen atoms in total. The minimum atomic E-state index is -3.51. The fraction of sp³-hybridized carbons (Fsp3) is 0.200. The Balaban J connectivity index is 2.24. The molecule has 0 saturated carbocycles. The number of rotatable bonds is 4. The molecule has 0 aliphatic rings. The van der Waals surface area contributed by atoms with E-state index in [4.69, 9.17) is 0 Å². The largest absolute Gasteiger partial charge is 0.241 e. The summed E-state index contributed by atoms with van der Waals surface area (Å²) in [6, 6.07) is 14.3. The molecule has 0 radical (unpaired) electrons. The van der Waals surface area contributed by atoms with Crippen LogP contribution in [-0.4, -0.2) is 8.42 Å². The van der Waals surface area contributed by atoms with Crippen LogP contribution in [0.5, 0.6) is 0 Å². The molecular formula is C15H16BrNO2S. The molecule has 0 spiro atoms. The van der Waals surface area contributed by atoms with Crippen LogP contribution < -0.4 is 4.72 Å². The monoisotopic (exact) mass is 353 g/mol. The molecule has 0 aromatic heterocycles. The van der Waals surface area contributed by atoms with Gasteiger partial charge in [-0.2, -0.15) is 0 Å². The van der Waals surface area contributed by atoms with Gasteiger partial charge in [-0.25, -0.2) is 13.1 Å². The summed E-state index contributed by atoms with van der Waals surface area (Å²) in [4.78, 5) is 0.323. The van der Waals surface area contributed by atoms with Crippen molar-refractivity contribution in [2.45, 2.75) is 24.8 Å². The standard InChI is InChI=1S/C15H16BrNO2S/c1-11-5-3-4-6-15(11)20(18,19)17-12(2)13-7-9-14(16)10-8-13/h3-10,12,17H,1-2H3/t12-/m0/s1. The quantitative estimate of drug-likeness (QED) is 0.908. The zero-order valence-electron chi connectivity index (χ0n) is 11.3. The van der Waals surface area contributed by atoms with E-state index in [0.29, 0.717) is 4.90 Å². The first-order chi connectivity index (χ1) is 9.40. The Kier molecular flexibility index (Phi) is 4.62. The molecule has 106 valence electrons. The maximum absolute atomic E-state index is 12.4. The van der Waals surface area contributed by atoms with Crippen LogP contribution in [0.3, 0.4) is 0 Å². The average Bonchev–Trinajstić information content (AvgIpc) is 2.39. The summed E-state index contributed by atoms with van der Waals surface area (Å²) in [5.74, 6) is 0. The van der Waals surface area contributed by atoms with E-state index >= 15 is 0 Å². The predicted molar refractivity (Wildman–Crippen MR) is 84.1 cm³/mol. The maximum Gasteiger partial charge on any atom is 0.241 e. The Morgan fingerprint density at radius 2 is 1.65 bits per heavy atom. The molecule has 2 aromatic carbocycles. The summed E-state index contributed by atoms with van der Waals surface area (Å²) in [7, 11) is -3.51. The van der Waals surface area contributed by atoms with Gasteiger partial charge in [-0.15, -0.1) is 0 Å². The number of aryl methyl sites for hydroxylation is 1. The summed E-state index contributed by atoms with van der Waals surface area (Å²) < 4.78 is 28.4. The molecule has 0 aliphatic heterocycles. The van der Waals surface area contributed by atoms with E-state index in [0.717, 1.165) is 15.6 Å². The summed E-state index contributed by atoms with van der Waals surface area (Å²) >= 11 is 3.36. The van der Waals surface area contributed by atoms with Crippen molar-refractivity contribution < 1.29 is 8.42 Å². The summed E-state index contributed by atoms with van der Waals surface area (Å²) in [5.41, 5.74) is 1.66. The smallest absolute Gasteiger partial charge is 0.207 e. The highest BCUT2D eigenvalue weighted by atomic mass is 79.9. The van der Waals surface area contributed by atoms with Crippen molar-refractivity contribution in [3.63, 3.8) is 0 Å². The minimum absolute atomic E-state index is 0.285. The van der Waals surface area contributed by atoms with Crippen LogP contribution in [0, 0.1) is 6.92 Å². The SMILES string of the molecule is Cc1ccccc1S(=O)(=O)N[C@@H](C)c1ccc(Br)cc1. The molecule has 20 heavy (non-hydrogen) atoms. The molecule has 2 rings (SSSR count). The number of sulfonamides is 1. The van der Waals surface area contributed by atoms with Crippen molar-refractivity contribution in [2.75, 3.05) is 0 Å². The van der Waals surface area contributed by atoms with Crippen molar-refractivity contribution in [1.82, 2.24) is 4.72 Å². The molecule has 5 heteroatoms. The van der Waals surface area contributed by atoms with Crippen LogP contribution in [0.2, 0.25) is 0 Å². The fourth-order valence-corrected chi connectivity index (χ4v) is 3.72. The van der Waals surface area contributed by atoms with Gasteiger partial charge in [-0.1, -0.05) is 46.3 Å². The van der Waals surface area contributed by atoms with Crippen molar-refractivity contribution in [3.8, 4) is 0 Å². The van der Waals surface area contributed by atoms with Crippen molar-refractivity contribution in [2.24, 2.45) is 0 Å². The Morgan fingerprint density at radius 3 is 2.25 bits per heavy atom. The highest BCUT2D eigenvalue weighted by Crippen LogP contribution is 2.20. The summed E-state index contributed by atoms with van der Waals surface area (Å²) in [6.07, 6.45) is 0. The molecule has 0 aliphatic carbocycles. The number of hydrogen-bond donors (Lipinski definition) is 1. The molecule has 0 fully saturated rings. The van der Waals surface area contributed by atoms with E-state index in [1.54, 1.807) is 25.1 Å². The van der Waals surface area contributed by atoms with Gasteiger partial charge in [-0.3, -0.25) is 0 Å². The molecule has 0 saturated heterocycles. The third-order valence-electron chi connectivity index (χ3n) is 3.09. The zero-order valence-corrected chi connectivity index (χ0v) is 13.7. The van der Waals surface area contributed by atoms with E-state index in [-0.39, 0.29) is 6.04 Å². The van der Waals surface area contributed by atoms with Crippen LogP contribution in [0.4, 0.5) is 0 Å². The second kappa shape index (κ2) is 6.08. The van der Waals surface area contributed by atoms with Crippen molar-refractivity contribution in [3.05, 3.63) is 64.1 Å². The molecule has 1 N–H and O–H groups in total. The lowest BCUT2D eigenvalue weighted by Gasteiger charge is -2.16. The van der Waals surface area contributed by atoms with Crippen molar-refractivity contribution >= 4 is 26.0 Å². The number of benzene rings is 2. The Hall–Kier alpha value is -1.17. The van der Waals surface area contributed by atoms with Gasteiger partial charge < -0.3 is 0 Å². The molecule has 0 heterocycles. The van der Waals surface area contributed by atoms with Gasteiger partial charge in [0.15, 0.2) is 0 Å². The van der Waals surface area contributed by atoms with Gasteiger partial charge >= 0.3 is 0 Å². The second-order valence-electron chi connectivity index (χ2n) is 4.66. The molecule has 1 atom stereocenters. The van der Waals surface area contributed by atoms with E-state index < -0.39 is 10.0 Å². The lowest BCUT2D eigenvalue weighted by atomic mass is 10.1. The average molecular weight is 354 g/mol. The van der Waals surface area contributed by atoms with Crippen LogP contribution in [0.1, 0.15) is 24.1 Å². The topological polar surface area (TPSA) is 46.2 Å².